The lowest BCUT2D eigenvalue weighted by molar-refractivity contribution is 0.597. The first kappa shape index (κ1) is 7.30. The molecule has 1 rings (SSSR count). The first-order chi connectivity index (χ1) is 4.58. The molecule has 0 radical (unpaired) electrons. The molecule has 0 saturated carbocycles. The number of H-pyrrole nitrogens is 1. The van der Waals surface area contributed by atoms with Crippen molar-refractivity contribution in [1.82, 2.24) is 4.98 Å². The quantitative estimate of drug-likeness (QED) is 0.628. The molecule has 0 atom stereocenters. The van der Waals surface area contributed by atoms with Gasteiger partial charge in [-0.15, -0.1) is 0 Å². The van der Waals surface area contributed by atoms with E-state index in [-0.39, 0.29) is 5.75 Å². The van der Waals surface area contributed by atoms with Crippen LogP contribution in [0.3, 0.4) is 0 Å². The molecule has 0 aliphatic rings. The van der Waals surface area contributed by atoms with Gasteiger partial charge < -0.3 is 4.98 Å². The van der Waals surface area contributed by atoms with Crippen LogP contribution < -0.4 is 5.14 Å². The predicted octanol–water partition coefficient (Wildman–Crippen LogP) is -0.197. The van der Waals surface area contributed by atoms with Crippen LogP contribution in [-0.4, -0.2) is 13.4 Å². The summed E-state index contributed by atoms with van der Waals surface area (Å²) in [5.74, 6) is -0.101. The Hall–Kier alpha value is -0.810. The number of hydrogen-bond donors (Lipinski definition) is 2. The van der Waals surface area contributed by atoms with Crippen molar-refractivity contribution in [2.75, 3.05) is 0 Å². The molecule has 1 aromatic heterocycles. The SMILES string of the molecule is NS(=O)(=O)Cc1cc[nH]c1. The molecule has 4 nitrogen and oxygen atoms in total. The summed E-state index contributed by atoms with van der Waals surface area (Å²) in [6, 6.07) is 1.67. The molecule has 0 aliphatic carbocycles. The zero-order chi connectivity index (χ0) is 7.61. The van der Waals surface area contributed by atoms with E-state index in [1.807, 2.05) is 0 Å². The number of rotatable bonds is 2. The van der Waals surface area contributed by atoms with E-state index in [1.54, 1.807) is 18.5 Å². The maximum absolute atomic E-state index is 10.5. The minimum atomic E-state index is -3.37. The molecule has 0 aliphatic heterocycles. The highest BCUT2D eigenvalue weighted by Gasteiger charge is 2.03. The molecule has 1 heterocycles. The van der Waals surface area contributed by atoms with Crippen LogP contribution in [0.2, 0.25) is 0 Å². The fourth-order valence-electron chi connectivity index (χ4n) is 0.681. The Morgan fingerprint density at radius 1 is 1.60 bits per heavy atom. The van der Waals surface area contributed by atoms with Crippen LogP contribution in [-0.2, 0) is 15.8 Å². The van der Waals surface area contributed by atoms with E-state index in [2.05, 4.69) is 4.98 Å². The first-order valence-electron chi connectivity index (χ1n) is 2.70. The summed E-state index contributed by atoms with van der Waals surface area (Å²) in [7, 11) is -3.37. The van der Waals surface area contributed by atoms with Gasteiger partial charge in [0.2, 0.25) is 10.0 Å². The van der Waals surface area contributed by atoms with Crippen LogP contribution in [0.25, 0.3) is 0 Å². The summed E-state index contributed by atoms with van der Waals surface area (Å²) in [5.41, 5.74) is 0.683. The van der Waals surface area contributed by atoms with Crippen LogP contribution in [0.1, 0.15) is 5.56 Å². The van der Waals surface area contributed by atoms with Crippen molar-refractivity contribution in [3.63, 3.8) is 0 Å². The average Bonchev–Trinajstić information content (AvgIpc) is 2.12. The first-order valence-corrected chi connectivity index (χ1v) is 4.41. The normalized spacial score (nSPS) is 11.7. The average molecular weight is 160 g/mol. The van der Waals surface area contributed by atoms with Gasteiger partial charge in [-0.05, 0) is 11.6 Å². The monoisotopic (exact) mass is 160 g/mol. The van der Waals surface area contributed by atoms with Gasteiger partial charge in [0.15, 0.2) is 0 Å². The Morgan fingerprint density at radius 3 is 2.70 bits per heavy atom. The van der Waals surface area contributed by atoms with E-state index in [1.165, 1.54) is 0 Å². The molecular weight excluding hydrogens is 152 g/mol. The topological polar surface area (TPSA) is 76.0 Å². The molecular formula is C5H8N2O2S. The lowest BCUT2D eigenvalue weighted by atomic mass is 10.4. The van der Waals surface area contributed by atoms with Crippen molar-refractivity contribution in [3.8, 4) is 0 Å². The van der Waals surface area contributed by atoms with E-state index in [4.69, 9.17) is 5.14 Å². The third kappa shape index (κ3) is 2.20. The van der Waals surface area contributed by atoms with Crippen LogP contribution in [0, 0.1) is 0 Å². The molecule has 56 valence electrons. The highest BCUT2D eigenvalue weighted by molar-refractivity contribution is 7.88. The fraction of sp³-hybridized carbons (Fsp3) is 0.200. The number of nitrogens with one attached hydrogen (secondary N) is 1. The molecule has 0 spiro atoms. The number of sulfonamides is 1. The number of primary sulfonamides is 1. The van der Waals surface area contributed by atoms with Crippen molar-refractivity contribution in [2.24, 2.45) is 5.14 Å². The van der Waals surface area contributed by atoms with Crippen molar-refractivity contribution in [1.29, 1.82) is 0 Å². The Bertz CT molecular complexity index is 287. The van der Waals surface area contributed by atoms with Crippen molar-refractivity contribution in [2.45, 2.75) is 5.75 Å². The van der Waals surface area contributed by atoms with E-state index in [0.29, 0.717) is 5.56 Å². The molecule has 0 bridgehead atoms. The molecule has 0 aromatic carbocycles. The number of nitrogens with two attached hydrogens (primary N) is 1. The molecule has 0 fully saturated rings. The molecule has 0 saturated heterocycles. The number of aromatic nitrogens is 1. The van der Waals surface area contributed by atoms with Crippen LogP contribution in [0.15, 0.2) is 18.5 Å². The molecule has 1 aromatic rings. The standard InChI is InChI=1S/C5H8N2O2S/c6-10(8,9)4-5-1-2-7-3-5/h1-3,7H,4H2,(H2,6,8,9). The summed E-state index contributed by atoms with van der Waals surface area (Å²) >= 11 is 0. The van der Waals surface area contributed by atoms with Gasteiger partial charge in [0.05, 0.1) is 5.75 Å². The Labute approximate surface area is 59.1 Å². The van der Waals surface area contributed by atoms with Gasteiger partial charge in [-0.3, -0.25) is 0 Å². The highest BCUT2D eigenvalue weighted by atomic mass is 32.2. The summed E-state index contributed by atoms with van der Waals surface area (Å²) in [5, 5.41) is 4.78. The lowest BCUT2D eigenvalue weighted by Gasteiger charge is -1.91. The minimum absolute atomic E-state index is 0.101. The highest BCUT2D eigenvalue weighted by Crippen LogP contribution is 1.99. The van der Waals surface area contributed by atoms with Crippen molar-refractivity contribution >= 4 is 10.0 Å². The second-order valence-corrected chi connectivity index (χ2v) is 3.64. The predicted molar refractivity (Wildman–Crippen MR) is 37.6 cm³/mol. The lowest BCUT2D eigenvalue weighted by Crippen LogP contribution is -2.13. The van der Waals surface area contributed by atoms with Gasteiger partial charge in [0, 0.05) is 12.4 Å². The maximum Gasteiger partial charge on any atom is 0.213 e. The molecule has 10 heavy (non-hydrogen) atoms. The van der Waals surface area contributed by atoms with Gasteiger partial charge in [-0.1, -0.05) is 0 Å². The number of hydrogen-bond acceptors (Lipinski definition) is 2. The van der Waals surface area contributed by atoms with Crippen LogP contribution in [0.5, 0.6) is 0 Å². The molecule has 5 heteroatoms. The maximum atomic E-state index is 10.5. The van der Waals surface area contributed by atoms with Crippen LogP contribution in [0.4, 0.5) is 0 Å². The zero-order valence-electron chi connectivity index (χ0n) is 5.24. The van der Waals surface area contributed by atoms with Gasteiger partial charge in [0.25, 0.3) is 0 Å². The van der Waals surface area contributed by atoms with Crippen molar-refractivity contribution < 1.29 is 8.42 Å². The van der Waals surface area contributed by atoms with Gasteiger partial charge in [-0.25, -0.2) is 13.6 Å². The molecule has 0 unspecified atom stereocenters. The van der Waals surface area contributed by atoms with E-state index in [9.17, 15) is 8.42 Å². The van der Waals surface area contributed by atoms with Gasteiger partial charge in [0.1, 0.15) is 0 Å². The van der Waals surface area contributed by atoms with Gasteiger partial charge >= 0.3 is 0 Å². The second kappa shape index (κ2) is 2.43. The largest absolute Gasteiger partial charge is 0.367 e. The summed E-state index contributed by atoms with van der Waals surface area (Å²) < 4.78 is 20.9. The fourth-order valence-corrected chi connectivity index (χ4v) is 1.32. The zero-order valence-corrected chi connectivity index (χ0v) is 6.06. The van der Waals surface area contributed by atoms with E-state index >= 15 is 0 Å². The summed E-state index contributed by atoms with van der Waals surface area (Å²) in [4.78, 5) is 2.73. The Kier molecular flexibility index (Phi) is 1.78. The Balaban J connectivity index is 2.75. The van der Waals surface area contributed by atoms with Crippen LogP contribution >= 0.6 is 0 Å². The second-order valence-electron chi connectivity index (χ2n) is 2.03. The summed E-state index contributed by atoms with van der Waals surface area (Å²) in [6.07, 6.45) is 3.25. The van der Waals surface area contributed by atoms with E-state index < -0.39 is 10.0 Å². The van der Waals surface area contributed by atoms with Crippen molar-refractivity contribution in [3.05, 3.63) is 24.0 Å². The molecule has 3 N–H and O–H groups in total. The Morgan fingerprint density at radius 2 is 2.30 bits per heavy atom. The third-order valence-corrected chi connectivity index (χ3v) is 1.77. The smallest absolute Gasteiger partial charge is 0.213 e. The third-order valence-electron chi connectivity index (χ3n) is 1.03. The van der Waals surface area contributed by atoms with E-state index in [0.717, 1.165) is 0 Å². The van der Waals surface area contributed by atoms with Gasteiger partial charge in [-0.2, -0.15) is 0 Å². The summed E-state index contributed by atoms with van der Waals surface area (Å²) in [6.45, 7) is 0. The minimum Gasteiger partial charge on any atom is -0.367 e. The molecule has 0 amide bonds. The number of aromatic amines is 1.